The van der Waals surface area contributed by atoms with Gasteiger partial charge in [0, 0.05) is 6.54 Å². The maximum Gasteiger partial charge on any atom is 0.252 e. The topological polar surface area (TPSA) is 55.1 Å². The van der Waals surface area contributed by atoms with Crippen molar-refractivity contribution in [1.82, 2.24) is 5.32 Å². The maximum atomic E-state index is 12.6. The van der Waals surface area contributed by atoms with Gasteiger partial charge in [0.1, 0.15) is 0 Å². The molecule has 1 aromatic carbocycles. The number of fused-ring (bicyclic) bond motifs is 2. The van der Waals surface area contributed by atoms with Crippen molar-refractivity contribution < 1.29 is 4.79 Å². The molecule has 3 rings (SSSR count). The molecular formula is C19H27ClN2O. The van der Waals surface area contributed by atoms with Crippen molar-refractivity contribution in [2.75, 3.05) is 13.1 Å². The predicted molar refractivity (Wildman–Crippen MR) is 94.8 cm³/mol. The largest absolute Gasteiger partial charge is 0.351 e. The second kappa shape index (κ2) is 7.23. The number of carbonyl (C=O) groups excluding carboxylic acids is 1. The molecule has 23 heavy (non-hydrogen) atoms. The Labute approximate surface area is 144 Å². The third-order valence-corrected chi connectivity index (χ3v) is 6.02. The van der Waals surface area contributed by atoms with Crippen LogP contribution in [0.5, 0.6) is 0 Å². The van der Waals surface area contributed by atoms with Crippen LogP contribution < -0.4 is 11.1 Å². The lowest BCUT2D eigenvalue weighted by Gasteiger charge is -2.45. The molecule has 2 aliphatic rings. The lowest BCUT2D eigenvalue weighted by Crippen LogP contribution is -2.43. The number of carbonyl (C=O) groups is 1. The third kappa shape index (κ3) is 3.89. The molecule has 3 N–H and O–H groups in total. The molecule has 0 radical (unpaired) electrons. The van der Waals surface area contributed by atoms with Crippen molar-refractivity contribution in [2.45, 2.75) is 51.4 Å². The van der Waals surface area contributed by atoms with E-state index in [4.69, 9.17) is 17.3 Å². The molecule has 0 unspecified atom stereocenters. The number of hydrogen-bond donors (Lipinski definition) is 2. The highest BCUT2D eigenvalue weighted by Crippen LogP contribution is 2.48. The van der Waals surface area contributed by atoms with E-state index in [-0.39, 0.29) is 5.91 Å². The molecule has 3 nitrogen and oxygen atoms in total. The van der Waals surface area contributed by atoms with E-state index in [1.165, 1.54) is 44.9 Å². The minimum atomic E-state index is -0.0454. The van der Waals surface area contributed by atoms with Crippen LogP contribution in [0.3, 0.4) is 0 Å². The summed E-state index contributed by atoms with van der Waals surface area (Å²) in [6.07, 6.45) is 9.94. The highest BCUT2D eigenvalue weighted by molar-refractivity contribution is 6.33. The summed E-state index contributed by atoms with van der Waals surface area (Å²) in [7, 11) is 0. The molecule has 0 atom stereocenters. The summed E-state index contributed by atoms with van der Waals surface area (Å²) in [6.45, 7) is 1.37. The summed E-state index contributed by atoms with van der Waals surface area (Å²) >= 11 is 6.22. The molecule has 4 heteroatoms. The van der Waals surface area contributed by atoms with Crippen molar-refractivity contribution >= 4 is 17.5 Å². The fraction of sp³-hybridized carbons (Fsp3) is 0.632. The summed E-state index contributed by atoms with van der Waals surface area (Å²) in [5.41, 5.74) is 7.58. The molecule has 2 fully saturated rings. The second-order valence-corrected chi connectivity index (χ2v) is 7.80. The van der Waals surface area contributed by atoms with Gasteiger partial charge in [0.15, 0.2) is 0 Å². The summed E-state index contributed by atoms with van der Waals surface area (Å²) < 4.78 is 0. The first-order valence-corrected chi connectivity index (χ1v) is 9.26. The van der Waals surface area contributed by atoms with E-state index in [1.807, 2.05) is 12.1 Å². The van der Waals surface area contributed by atoms with Crippen LogP contribution >= 0.6 is 11.6 Å². The molecule has 126 valence electrons. The van der Waals surface area contributed by atoms with E-state index >= 15 is 0 Å². The zero-order chi connectivity index (χ0) is 16.3. The van der Waals surface area contributed by atoms with Crippen molar-refractivity contribution in [3.8, 4) is 0 Å². The summed E-state index contributed by atoms with van der Waals surface area (Å²) in [5.74, 6) is 0.835. The molecule has 2 aliphatic carbocycles. The van der Waals surface area contributed by atoms with E-state index in [0.29, 0.717) is 22.5 Å². The third-order valence-electron chi connectivity index (χ3n) is 5.69. The normalized spacial score (nSPS) is 26.8. The summed E-state index contributed by atoms with van der Waals surface area (Å²) in [5, 5.41) is 3.69. The Hall–Kier alpha value is -1.06. The fourth-order valence-electron chi connectivity index (χ4n) is 4.50. The zero-order valence-corrected chi connectivity index (χ0v) is 14.5. The molecule has 1 aromatic rings. The number of amides is 1. The molecule has 1 amide bonds. The Morgan fingerprint density at radius 2 is 2.04 bits per heavy atom. The van der Waals surface area contributed by atoms with E-state index in [9.17, 15) is 4.79 Å². The molecule has 0 aliphatic heterocycles. The molecule has 2 saturated carbocycles. The first-order valence-electron chi connectivity index (χ1n) is 8.89. The van der Waals surface area contributed by atoms with Gasteiger partial charge in [-0.25, -0.2) is 0 Å². The van der Waals surface area contributed by atoms with Gasteiger partial charge in [0.2, 0.25) is 0 Å². The van der Waals surface area contributed by atoms with Crippen molar-refractivity contribution in [2.24, 2.45) is 17.1 Å². The first-order chi connectivity index (χ1) is 11.1. The van der Waals surface area contributed by atoms with Gasteiger partial charge in [-0.05, 0) is 61.3 Å². The van der Waals surface area contributed by atoms with Crippen LogP contribution in [0.15, 0.2) is 18.2 Å². The van der Waals surface area contributed by atoms with Crippen LogP contribution in [-0.4, -0.2) is 19.0 Å². The van der Waals surface area contributed by atoms with Gasteiger partial charge in [0.25, 0.3) is 5.91 Å². The molecule has 2 bridgehead atoms. The quantitative estimate of drug-likeness (QED) is 0.857. The highest BCUT2D eigenvalue weighted by atomic mass is 35.5. The number of nitrogens with two attached hydrogens (primary N) is 1. The average molecular weight is 335 g/mol. The molecule has 0 aromatic heterocycles. The Balaban J connectivity index is 1.66. The first kappa shape index (κ1) is 16.8. The van der Waals surface area contributed by atoms with Gasteiger partial charge in [-0.2, -0.15) is 0 Å². The van der Waals surface area contributed by atoms with Crippen LogP contribution in [0.2, 0.25) is 5.02 Å². The zero-order valence-electron chi connectivity index (χ0n) is 13.7. The van der Waals surface area contributed by atoms with Crippen LogP contribution in [0.1, 0.15) is 60.9 Å². The van der Waals surface area contributed by atoms with E-state index in [2.05, 4.69) is 5.32 Å². The van der Waals surface area contributed by atoms with Gasteiger partial charge in [-0.3, -0.25) is 4.79 Å². The fourth-order valence-corrected chi connectivity index (χ4v) is 4.71. The van der Waals surface area contributed by atoms with Gasteiger partial charge in [-0.15, -0.1) is 0 Å². The average Bonchev–Trinajstić information content (AvgIpc) is 2.55. The van der Waals surface area contributed by atoms with Gasteiger partial charge in [-0.1, -0.05) is 43.4 Å². The van der Waals surface area contributed by atoms with Crippen LogP contribution in [-0.2, 0) is 6.42 Å². The molecule has 0 saturated heterocycles. The Kier molecular flexibility index (Phi) is 5.27. The van der Waals surface area contributed by atoms with E-state index < -0.39 is 0 Å². The van der Waals surface area contributed by atoms with E-state index in [1.54, 1.807) is 6.07 Å². The second-order valence-electron chi connectivity index (χ2n) is 7.39. The smallest absolute Gasteiger partial charge is 0.252 e. The van der Waals surface area contributed by atoms with Gasteiger partial charge >= 0.3 is 0 Å². The highest BCUT2D eigenvalue weighted by Gasteiger charge is 2.39. The Bertz CT molecular complexity index is 562. The number of halogens is 1. The summed E-state index contributed by atoms with van der Waals surface area (Å²) in [4.78, 5) is 12.6. The number of benzene rings is 1. The maximum absolute atomic E-state index is 12.6. The molecule has 0 heterocycles. The number of rotatable bonds is 5. The van der Waals surface area contributed by atoms with Crippen LogP contribution in [0, 0.1) is 11.3 Å². The van der Waals surface area contributed by atoms with Crippen molar-refractivity contribution in [3.63, 3.8) is 0 Å². The minimum Gasteiger partial charge on any atom is -0.351 e. The molecular weight excluding hydrogens is 308 g/mol. The van der Waals surface area contributed by atoms with Crippen LogP contribution in [0.25, 0.3) is 0 Å². The Morgan fingerprint density at radius 3 is 2.74 bits per heavy atom. The predicted octanol–water partition coefficient (Wildman–Crippen LogP) is 3.93. The van der Waals surface area contributed by atoms with Crippen LogP contribution in [0.4, 0.5) is 0 Å². The van der Waals surface area contributed by atoms with E-state index in [0.717, 1.165) is 24.4 Å². The number of nitrogens with one attached hydrogen (secondary N) is 1. The number of hydrogen-bond acceptors (Lipinski definition) is 2. The monoisotopic (exact) mass is 334 g/mol. The minimum absolute atomic E-state index is 0.0454. The SMILES string of the molecule is NCCc1ccc(Cl)c(C(=O)NCC23CCCC(CCC2)C3)c1. The van der Waals surface area contributed by atoms with Gasteiger partial charge in [0.05, 0.1) is 10.6 Å². The summed E-state index contributed by atoms with van der Waals surface area (Å²) in [6, 6.07) is 5.63. The standard InChI is InChI=1S/C19H27ClN2O/c20-17-6-5-14(7-10-21)11-16(17)18(23)22-13-19-8-1-3-15(12-19)4-2-9-19/h5-6,11,15H,1-4,7-10,12-13,21H2,(H,22,23). The lowest BCUT2D eigenvalue weighted by molar-refractivity contribution is 0.0682. The Morgan fingerprint density at radius 1 is 1.30 bits per heavy atom. The van der Waals surface area contributed by atoms with Crippen molar-refractivity contribution in [1.29, 1.82) is 0 Å². The molecule has 0 spiro atoms. The van der Waals surface area contributed by atoms with Gasteiger partial charge < -0.3 is 11.1 Å². The van der Waals surface area contributed by atoms with Crippen molar-refractivity contribution in [3.05, 3.63) is 34.3 Å². The lowest BCUT2D eigenvalue weighted by atomic mass is 9.62.